The highest BCUT2D eigenvalue weighted by atomic mass is 15.3. The zero-order chi connectivity index (χ0) is 12.8. The molecule has 3 heteroatoms. The highest BCUT2D eigenvalue weighted by molar-refractivity contribution is 4.82. The first kappa shape index (κ1) is 14.9. The largest absolute Gasteiger partial charge is 0.315 e. The monoisotopic (exact) mass is 241 g/mol. The Morgan fingerprint density at radius 2 is 1.94 bits per heavy atom. The fraction of sp³-hybridized carbons (Fsp3) is 1.00. The molecule has 1 aliphatic rings. The lowest BCUT2D eigenvalue weighted by Crippen LogP contribution is -2.55. The number of hydrogen-bond acceptors (Lipinski definition) is 3. The molecule has 0 radical (unpaired) electrons. The average molecular weight is 241 g/mol. The summed E-state index contributed by atoms with van der Waals surface area (Å²) in [6.45, 7) is 15.2. The van der Waals surface area contributed by atoms with E-state index in [0.717, 1.165) is 19.0 Å². The molecule has 0 aromatic heterocycles. The van der Waals surface area contributed by atoms with Crippen molar-refractivity contribution in [1.29, 1.82) is 0 Å². The smallest absolute Gasteiger partial charge is 0.0198 e. The number of piperazine rings is 1. The van der Waals surface area contributed by atoms with Crippen LogP contribution in [0.4, 0.5) is 0 Å². The zero-order valence-corrected chi connectivity index (χ0v) is 12.4. The Bertz CT molecular complexity index is 206. The van der Waals surface area contributed by atoms with Crippen molar-refractivity contribution in [2.75, 3.05) is 39.8 Å². The Morgan fingerprint density at radius 3 is 2.53 bits per heavy atom. The van der Waals surface area contributed by atoms with Gasteiger partial charge in [-0.15, -0.1) is 0 Å². The second-order valence-electron chi connectivity index (χ2n) is 6.08. The van der Waals surface area contributed by atoms with E-state index in [9.17, 15) is 0 Å². The van der Waals surface area contributed by atoms with Gasteiger partial charge in [-0.1, -0.05) is 13.8 Å². The molecule has 2 atom stereocenters. The predicted molar refractivity (Wildman–Crippen MR) is 75.5 cm³/mol. The summed E-state index contributed by atoms with van der Waals surface area (Å²) in [5, 5.41) is 3.59. The molecule has 1 saturated heterocycles. The van der Waals surface area contributed by atoms with Crippen LogP contribution in [-0.4, -0.2) is 61.7 Å². The van der Waals surface area contributed by atoms with Crippen molar-refractivity contribution in [3.63, 3.8) is 0 Å². The van der Waals surface area contributed by atoms with E-state index in [-0.39, 0.29) is 0 Å². The lowest BCUT2D eigenvalue weighted by molar-refractivity contribution is 0.0673. The van der Waals surface area contributed by atoms with Gasteiger partial charge in [-0.25, -0.2) is 0 Å². The van der Waals surface area contributed by atoms with Crippen LogP contribution >= 0.6 is 0 Å². The molecule has 0 aromatic rings. The van der Waals surface area contributed by atoms with Crippen molar-refractivity contribution >= 4 is 0 Å². The van der Waals surface area contributed by atoms with Crippen LogP contribution < -0.4 is 5.32 Å². The van der Waals surface area contributed by atoms with Gasteiger partial charge < -0.3 is 10.2 Å². The van der Waals surface area contributed by atoms with E-state index >= 15 is 0 Å². The molecule has 0 amide bonds. The molecule has 0 bridgehead atoms. The van der Waals surface area contributed by atoms with Crippen LogP contribution in [0.15, 0.2) is 0 Å². The molecule has 1 rings (SSSR count). The maximum atomic E-state index is 3.59. The lowest BCUT2D eigenvalue weighted by Gasteiger charge is -2.41. The normalized spacial score (nSPS) is 25.4. The van der Waals surface area contributed by atoms with Gasteiger partial charge in [0.25, 0.3) is 0 Å². The molecule has 0 aliphatic carbocycles. The van der Waals surface area contributed by atoms with Crippen molar-refractivity contribution in [2.24, 2.45) is 5.92 Å². The van der Waals surface area contributed by atoms with Gasteiger partial charge in [-0.3, -0.25) is 4.90 Å². The molecule has 0 saturated carbocycles. The van der Waals surface area contributed by atoms with Gasteiger partial charge in [0, 0.05) is 38.3 Å². The van der Waals surface area contributed by atoms with E-state index in [4.69, 9.17) is 0 Å². The fourth-order valence-electron chi connectivity index (χ4n) is 2.63. The average Bonchev–Trinajstić information content (AvgIpc) is 2.23. The van der Waals surface area contributed by atoms with E-state index in [2.05, 4.69) is 49.9 Å². The summed E-state index contributed by atoms with van der Waals surface area (Å²) in [4.78, 5) is 5.07. The van der Waals surface area contributed by atoms with Crippen LogP contribution in [0.2, 0.25) is 0 Å². The standard InChI is InChI=1S/C14H31N3/c1-12(2)6-7-15-10-13(3)17-9-8-16(5)11-14(17)4/h12-15H,6-11H2,1-5H3. The van der Waals surface area contributed by atoms with Crippen molar-refractivity contribution in [3.8, 4) is 0 Å². The Balaban J connectivity index is 2.20. The van der Waals surface area contributed by atoms with Gasteiger partial charge >= 0.3 is 0 Å². The number of likely N-dealkylation sites (N-methyl/N-ethyl adjacent to an activating group) is 1. The van der Waals surface area contributed by atoms with Crippen LogP contribution in [-0.2, 0) is 0 Å². The molecular formula is C14H31N3. The molecule has 0 spiro atoms. The number of hydrogen-bond donors (Lipinski definition) is 1. The number of rotatable bonds is 6. The van der Waals surface area contributed by atoms with Crippen LogP contribution in [0, 0.1) is 5.92 Å². The van der Waals surface area contributed by atoms with Crippen LogP contribution in [0.5, 0.6) is 0 Å². The van der Waals surface area contributed by atoms with Gasteiger partial charge in [0.05, 0.1) is 0 Å². The van der Waals surface area contributed by atoms with Gasteiger partial charge in [-0.2, -0.15) is 0 Å². The summed E-state index contributed by atoms with van der Waals surface area (Å²) in [6.07, 6.45) is 1.28. The minimum atomic E-state index is 0.658. The topological polar surface area (TPSA) is 18.5 Å². The summed E-state index contributed by atoms with van der Waals surface area (Å²) in [6, 6.07) is 1.35. The number of nitrogens with one attached hydrogen (secondary N) is 1. The highest BCUT2D eigenvalue weighted by Gasteiger charge is 2.24. The first-order chi connectivity index (χ1) is 8.00. The molecular weight excluding hydrogens is 210 g/mol. The minimum absolute atomic E-state index is 0.658. The Morgan fingerprint density at radius 1 is 1.24 bits per heavy atom. The van der Waals surface area contributed by atoms with Crippen molar-refractivity contribution in [3.05, 3.63) is 0 Å². The predicted octanol–water partition coefficient (Wildman–Crippen LogP) is 1.65. The van der Waals surface area contributed by atoms with Gasteiger partial charge in [0.2, 0.25) is 0 Å². The van der Waals surface area contributed by atoms with E-state index in [0.29, 0.717) is 12.1 Å². The van der Waals surface area contributed by atoms with E-state index in [1.54, 1.807) is 0 Å². The number of nitrogens with zero attached hydrogens (tertiary/aromatic N) is 2. The zero-order valence-electron chi connectivity index (χ0n) is 12.4. The van der Waals surface area contributed by atoms with Gasteiger partial charge in [-0.05, 0) is 39.8 Å². The minimum Gasteiger partial charge on any atom is -0.315 e. The summed E-state index contributed by atoms with van der Waals surface area (Å²) in [7, 11) is 2.22. The molecule has 102 valence electrons. The lowest BCUT2D eigenvalue weighted by atomic mass is 10.1. The third-order valence-corrected chi connectivity index (χ3v) is 3.79. The molecule has 1 fully saturated rings. The van der Waals surface area contributed by atoms with Crippen molar-refractivity contribution in [2.45, 2.75) is 46.2 Å². The van der Waals surface area contributed by atoms with E-state index in [1.807, 2.05) is 0 Å². The van der Waals surface area contributed by atoms with Crippen molar-refractivity contribution in [1.82, 2.24) is 15.1 Å². The molecule has 1 N–H and O–H groups in total. The van der Waals surface area contributed by atoms with E-state index in [1.165, 1.54) is 26.1 Å². The summed E-state index contributed by atoms with van der Waals surface area (Å²) < 4.78 is 0. The third-order valence-electron chi connectivity index (χ3n) is 3.79. The summed E-state index contributed by atoms with van der Waals surface area (Å²) >= 11 is 0. The maximum absolute atomic E-state index is 3.59. The van der Waals surface area contributed by atoms with Crippen LogP contribution in [0.1, 0.15) is 34.1 Å². The third kappa shape index (κ3) is 5.36. The SMILES string of the molecule is CC(C)CCNCC(C)N1CCN(C)CC1C. The molecule has 3 nitrogen and oxygen atoms in total. The summed E-state index contributed by atoms with van der Waals surface area (Å²) in [5.41, 5.74) is 0. The first-order valence-electron chi connectivity index (χ1n) is 7.15. The van der Waals surface area contributed by atoms with Crippen LogP contribution in [0.25, 0.3) is 0 Å². The maximum Gasteiger partial charge on any atom is 0.0198 e. The molecule has 1 heterocycles. The highest BCUT2D eigenvalue weighted by Crippen LogP contribution is 2.11. The van der Waals surface area contributed by atoms with Crippen molar-refractivity contribution < 1.29 is 0 Å². The molecule has 2 unspecified atom stereocenters. The van der Waals surface area contributed by atoms with Gasteiger partial charge in [0.15, 0.2) is 0 Å². The second kappa shape index (κ2) is 7.34. The quantitative estimate of drug-likeness (QED) is 0.713. The Labute approximate surface area is 108 Å². The van der Waals surface area contributed by atoms with E-state index < -0.39 is 0 Å². The Hall–Kier alpha value is -0.120. The van der Waals surface area contributed by atoms with Crippen LogP contribution in [0.3, 0.4) is 0 Å². The fourth-order valence-corrected chi connectivity index (χ4v) is 2.63. The molecule has 0 aromatic carbocycles. The van der Waals surface area contributed by atoms with Gasteiger partial charge in [0.1, 0.15) is 0 Å². The Kier molecular flexibility index (Phi) is 6.45. The second-order valence-corrected chi connectivity index (χ2v) is 6.08. The first-order valence-corrected chi connectivity index (χ1v) is 7.15. The summed E-state index contributed by atoms with van der Waals surface area (Å²) in [5.74, 6) is 0.806. The molecule has 1 aliphatic heterocycles. The molecule has 17 heavy (non-hydrogen) atoms.